The molecule has 0 aromatic heterocycles. The summed E-state index contributed by atoms with van der Waals surface area (Å²) < 4.78 is 10.2. The molecular weight excluding hydrogens is 210 g/mol. The molecule has 1 aliphatic heterocycles. The molecule has 0 aliphatic carbocycles. The van der Waals surface area contributed by atoms with Crippen LogP contribution in [0.15, 0.2) is 18.2 Å². The first kappa shape index (κ1) is 10.9. The number of nitrogens with one attached hydrogen (secondary N) is 1. The third-order valence-corrected chi connectivity index (χ3v) is 2.42. The van der Waals surface area contributed by atoms with Gasteiger partial charge >= 0.3 is 0 Å². The Labute approximate surface area is 93.0 Å². The molecule has 1 aromatic rings. The lowest BCUT2D eigenvalue weighted by atomic mass is 10.1. The molecule has 86 valence electrons. The van der Waals surface area contributed by atoms with Crippen molar-refractivity contribution in [3.05, 3.63) is 23.8 Å². The number of ether oxygens (including phenoxy) is 2. The minimum absolute atomic E-state index is 0.372. The van der Waals surface area contributed by atoms with Crippen molar-refractivity contribution >= 4 is 11.6 Å². The molecule has 2 unspecified atom stereocenters. The summed E-state index contributed by atoms with van der Waals surface area (Å²) in [5.74, 6) is 0.132. The van der Waals surface area contributed by atoms with Crippen LogP contribution in [0.1, 0.15) is 18.6 Å². The number of aliphatic hydroxyl groups is 1. The predicted molar refractivity (Wildman–Crippen MR) is 57.1 cm³/mol. The summed E-state index contributed by atoms with van der Waals surface area (Å²) >= 11 is 0. The molecule has 1 heterocycles. The van der Waals surface area contributed by atoms with E-state index >= 15 is 0 Å². The summed E-state index contributed by atoms with van der Waals surface area (Å²) in [4.78, 5) is 11.5. The predicted octanol–water partition coefficient (Wildman–Crippen LogP) is 1.04. The van der Waals surface area contributed by atoms with Crippen molar-refractivity contribution in [2.24, 2.45) is 0 Å². The molecule has 1 aromatic carbocycles. The maximum Gasteiger partial charge on any atom is 0.294 e. The lowest BCUT2D eigenvalue weighted by Crippen LogP contribution is -2.38. The highest BCUT2D eigenvalue weighted by Crippen LogP contribution is 2.35. The fourth-order valence-electron chi connectivity index (χ4n) is 1.63. The highest BCUT2D eigenvalue weighted by Gasteiger charge is 2.29. The molecule has 0 saturated carbocycles. The summed E-state index contributed by atoms with van der Waals surface area (Å²) in [6.07, 6.45) is -1.60. The first-order valence-electron chi connectivity index (χ1n) is 4.94. The van der Waals surface area contributed by atoms with Gasteiger partial charge in [-0.25, -0.2) is 0 Å². The van der Waals surface area contributed by atoms with E-state index in [2.05, 4.69) is 5.32 Å². The van der Waals surface area contributed by atoms with E-state index in [1.807, 2.05) is 0 Å². The van der Waals surface area contributed by atoms with Gasteiger partial charge in [0.05, 0.1) is 11.8 Å². The quantitative estimate of drug-likeness (QED) is 0.786. The van der Waals surface area contributed by atoms with Gasteiger partial charge in [-0.3, -0.25) is 4.79 Å². The second kappa shape index (κ2) is 4.11. The highest BCUT2D eigenvalue weighted by molar-refractivity contribution is 5.97. The first-order valence-corrected chi connectivity index (χ1v) is 4.94. The van der Waals surface area contributed by atoms with Gasteiger partial charge in [-0.15, -0.1) is 0 Å². The van der Waals surface area contributed by atoms with Gasteiger partial charge in [-0.05, 0) is 13.0 Å². The van der Waals surface area contributed by atoms with E-state index in [0.717, 1.165) is 0 Å². The highest BCUT2D eigenvalue weighted by atomic mass is 16.7. The molecule has 16 heavy (non-hydrogen) atoms. The Morgan fingerprint density at radius 3 is 2.94 bits per heavy atom. The number of anilines is 1. The average molecular weight is 223 g/mol. The molecule has 1 aliphatic rings. The molecule has 0 bridgehead atoms. The van der Waals surface area contributed by atoms with Crippen LogP contribution in [0.2, 0.25) is 0 Å². The molecule has 2 N–H and O–H groups in total. The fraction of sp³-hybridized carbons (Fsp3) is 0.364. The van der Waals surface area contributed by atoms with Gasteiger partial charge in [-0.2, -0.15) is 0 Å². The van der Waals surface area contributed by atoms with Gasteiger partial charge in [0.25, 0.3) is 12.2 Å². The van der Waals surface area contributed by atoms with Crippen LogP contribution in [0, 0.1) is 0 Å². The Kier molecular flexibility index (Phi) is 2.80. The number of para-hydroxylation sites is 1. The van der Waals surface area contributed by atoms with E-state index in [9.17, 15) is 9.90 Å². The zero-order chi connectivity index (χ0) is 11.7. The molecule has 1 amide bonds. The van der Waals surface area contributed by atoms with Crippen LogP contribution >= 0.6 is 0 Å². The van der Waals surface area contributed by atoms with Crippen molar-refractivity contribution in [2.45, 2.75) is 19.3 Å². The lowest BCUT2D eigenvalue weighted by Gasteiger charge is -2.26. The number of hydrogen-bond donors (Lipinski definition) is 2. The summed E-state index contributed by atoms with van der Waals surface area (Å²) in [6, 6.07) is 5.21. The van der Waals surface area contributed by atoms with Gasteiger partial charge in [0.2, 0.25) is 0 Å². The van der Waals surface area contributed by atoms with Crippen LogP contribution in [0.5, 0.6) is 5.75 Å². The number of amides is 1. The first-order chi connectivity index (χ1) is 7.63. The number of hydrogen-bond acceptors (Lipinski definition) is 4. The molecule has 2 atom stereocenters. The topological polar surface area (TPSA) is 67.8 Å². The minimum atomic E-state index is -0.934. The molecule has 0 fully saturated rings. The van der Waals surface area contributed by atoms with Gasteiger partial charge in [0.15, 0.2) is 0 Å². The van der Waals surface area contributed by atoms with Crippen LogP contribution in [0.3, 0.4) is 0 Å². The average Bonchev–Trinajstić information content (AvgIpc) is 2.27. The second-order valence-electron chi connectivity index (χ2n) is 3.57. The van der Waals surface area contributed by atoms with Crippen LogP contribution in [-0.2, 0) is 9.53 Å². The maximum atomic E-state index is 11.5. The minimum Gasteiger partial charge on any atom is -0.453 e. The van der Waals surface area contributed by atoms with Crippen molar-refractivity contribution in [3.63, 3.8) is 0 Å². The molecule has 2 rings (SSSR count). The monoisotopic (exact) mass is 223 g/mol. The Balaban J connectivity index is 2.42. The molecule has 5 nitrogen and oxygen atoms in total. The van der Waals surface area contributed by atoms with Gasteiger partial charge < -0.3 is 19.9 Å². The zero-order valence-electron chi connectivity index (χ0n) is 9.06. The number of fused-ring (bicyclic) bond motifs is 1. The van der Waals surface area contributed by atoms with Crippen molar-refractivity contribution in [3.8, 4) is 5.75 Å². The Hall–Kier alpha value is -1.59. The van der Waals surface area contributed by atoms with Gasteiger partial charge in [0, 0.05) is 12.7 Å². The largest absolute Gasteiger partial charge is 0.453 e. The molecule has 0 spiro atoms. The van der Waals surface area contributed by atoms with Crippen LogP contribution < -0.4 is 10.1 Å². The van der Waals surface area contributed by atoms with Crippen LogP contribution in [-0.4, -0.2) is 24.4 Å². The van der Waals surface area contributed by atoms with E-state index in [1.54, 1.807) is 25.1 Å². The van der Waals surface area contributed by atoms with Crippen molar-refractivity contribution in [2.75, 3.05) is 12.4 Å². The lowest BCUT2D eigenvalue weighted by molar-refractivity contribution is -0.143. The summed E-state index contributed by atoms with van der Waals surface area (Å²) in [6.45, 7) is 1.63. The summed E-state index contributed by atoms with van der Waals surface area (Å²) in [5.41, 5.74) is 1.14. The maximum absolute atomic E-state index is 11.5. The summed E-state index contributed by atoms with van der Waals surface area (Å²) in [5, 5.41) is 12.2. The van der Waals surface area contributed by atoms with E-state index in [-0.39, 0.29) is 5.91 Å². The van der Waals surface area contributed by atoms with Crippen LogP contribution in [0.4, 0.5) is 5.69 Å². The van der Waals surface area contributed by atoms with Crippen molar-refractivity contribution in [1.82, 2.24) is 0 Å². The van der Waals surface area contributed by atoms with Crippen molar-refractivity contribution in [1.29, 1.82) is 0 Å². The number of methoxy groups -OCH3 is 1. The Morgan fingerprint density at radius 2 is 2.31 bits per heavy atom. The second-order valence-corrected chi connectivity index (χ2v) is 3.57. The molecule has 5 heteroatoms. The molecule has 0 saturated heterocycles. The SMILES string of the molecule is COC1Oc2cccc(C(C)O)c2NC1=O. The smallest absolute Gasteiger partial charge is 0.294 e. The number of benzene rings is 1. The van der Waals surface area contributed by atoms with E-state index < -0.39 is 12.4 Å². The van der Waals surface area contributed by atoms with Gasteiger partial charge in [-0.1, -0.05) is 12.1 Å². The summed E-state index contributed by atoms with van der Waals surface area (Å²) in [7, 11) is 1.40. The van der Waals surface area contributed by atoms with E-state index in [0.29, 0.717) is 17.0 Å². The van der Waals surface area contributed by atoms with E-state index in [4.69, 9.17) is 9.47 Å². The normalized spacial score (nSPS) is 20.7. The number of rotatable bonds is 2. The molecular formula is C11H13NO4. The number of carbonyl (C=O) groups excluding carboxylic acids is 1. The zero-order valence-corrected chi connectivity index (χ0v) is 9.06. The Bertz CT molecular complexity index is 416. The Morgan fingerprint density at radius 1 is 1.56 bits per heavy atom. The number of carbonyl (C=O) groups is 1. The molecule has 0 radical (unpaired) electrons. The third kappa shape index (κ3) is 1.75. The fourth-order valence-corrected chi connectivity index (χ4v) is 1.63. The van der Waals surface area contributed by atoms with Crippen LogP contribution in [0.25, 0.3) is 0 Å². The van der Waals surface area contributed by atoms with E-state index in [1.165, 1.54) is 7.11 Å². The van der Waals surface area contributed by atoms with Gasteiger partial charge in [0.1, 0.15) is 5.75 Å². The standard InChI is InChI=1S/C11H13NO4/c1-6(13)7-4-3-5-8-9(7)12-10(14)11(15-2)16-8/h3-6,11,13H,1-2H3,(H,12,14). The van der Waals surface area contributed by atoms with Crippen molar-refractivity contribution < 1.29 is 19.4 Å². The number of aliphatic hydroxyl groups excluding tert-OH is 1. The third-order valence-electron chi connectivity index (χ3n) is 2.42.